The molecule has 0 aliphatic heterocycles. The summed E-state index contributed by atoms with van der Waals surface area (Å²) >= 11 is 0. The summed E-state index contributed by atoms with van der Waals surface area (Å²) in [4.78, 5) is 43.9. The zero-order valence-electron chi connectivity index (χ0n) is 33.8. The summed E-state index contributed by atoms with van der Waals surface area (Å²) in [5, 5.41) is 10.6. The van der Waals surface area contributed by atoms with Crippen molar-refractivity contribution < 1.29 is 57.9 Å². The molecule has 15 nitrogen and oxygen atoms in total. The molecule has 2 aromatic heterocycles. The second kappa shape index (κ2) is 20.7. The Labute approximate surface area is 350 Å². The van der Waals surface area contributed by atoms with E-state index < -0.39 is 108 Å². The summed E-state index contributed by atoms with van der Waals surface area (Å²) in [6.45, 7) is 5.50. The first-order valence-electron chi connectivity index (χ1n) is 19.2. The zero-order chi connectivity index (χ0) is 45.3. The Kier molecular flexibility index (Phi) is 16.5. The molecule has 0 fully saturated rings. The molecule has 3 N–H and O–H groups in total. The highest BCUT2D eigenvalue weighted by molar-refractivity contribution is 8.09. The van der Waals surface area contributed by atoms with E-state index in [2.05, 4.69) is 15.5 Å². The van der Waals surface area contributed by atoms with E-state index in [0.717, 1.165) is 42.7 Å². The van der Waals surface area contributed by atoms with Gasteiger partial charge >= 0.3 is 24.2 Å². The first-order valence-corrected chi connectivity index (χ1v) is 22.6. The number of unbranched alkanes of at least 4 members (excludes halogenated alkanes) is 2. The highest BCUT2D eigenvalue weighted by Gasteiger charge is 2.54. The lowest BCUT2D eigenvalue weighted by molar-refractivity contribution is -0.154. The molecule has 4 aromatic rings. The summed E-state index contributed by atoms with van der Waals surface area (Å²) in [6, 6.07) is -0.446. The number of ether oxygens (including phenoxy) is 1. The van der Waals surface area contributed by atoms with Gasteiger partial charge in [-0.3, -0.25) is 0 Å². The molecule has 22 heteroatoms. The van der Waals surface area contributed by atoms with Crippen LogP contribution in [0, 0.1) is 25.5 Å². The van der Waals surface area contributed by atoms with E-state index in [9.17, 15) is 53.2 Å². The third-order valence-corrected chi connectivity index (χ3v) is 14.8. The van der Waals surface area contributed by atoms with Crippen molar-refractivity contribution in [1.82, 2.24) is 29.8 Å². The average Bonchev–Trinajstić information content (AvgIpc) is 3.82. The van der Waals surface area contributed by atoms with Crippen molar-refractivity contribution in [3.63, 3.8) is 0 Å². The summed E-state index contributed by atoms with van der Waals surface area (Å²) in [6.07, 6.45) is -1.75. The molecule has 0 radical (unpaired) electrons. The number of nitrogens with zero attached hydrogens (tertiary/aromatic N) is 5. The molecule has 334 valence electrons. The van der Waals surface area contributed by atoms with Gasteiger partial charge in [0.15, 0.2) is 30.3 Å². The van der Waals surface area contributed by atoms with Gasteiger partial charge in [0, 0.05) is 37.6 Å². The Balaban J connectivity index is 1.92. The van der Waals surface area contributed by atoms with Crippen LogP contribution in [0.4, 0.5) is 31.5 Å². The van der Waals surface area contributed by atoms with Crippen LogP contribution in [0.1, 0.15) is 67.3 Å². The molecule has 2 amide bonds. The van der Waals surface area contributed by atoms with Gasteiger partial charge in [-0.2, -0.15) is 32.7 Å². The van der Waals surface area contributed by atoms with Gasteiger partial charge in [0.2, 0.25) is 0 Å². The highest BCUT2D eigenvalue weighted by atomic mass is 32.3. The average molecular weight is 902 g/mol. The SMILES string of the molecule is CCCCS(=O)(=O)C([C@H](C(=O)O[C@H](CNCc1cccc(C(F)(F)F)c1)C(N)Cc1cc(F)cc(F)c1)N(C(=O)n1cc(C)cn1)C(=O)n1cc(C)cn1)S(=O)(=O)CCCC. The quantitative estimate of drug-likeness (QED) is 0.0906. The second-order valence-corrected chi connectivity index (χ2v) is 19.3. The Morgan fingerprint density at radius 3 is 1.82 bits per heavy atom. The van der Waals surface area contributed by atoms with Crippen molar-refractivity contribution in [2.75, 3.05) is 18.1 Å². The normalized spacial score (nSPS) is 13.8. The number of esters is 1. The van der Waals surface area contributed by atoms with E-state index in [1.54, 1.807) is 13.8 Å². The van der Waals surface area contributed by atoms with Crippen LogP contribution >= 0.6 is 0 Å². The number of aromatic nitrogens is 4. The monoisotopic (exact) mass is 901 g/mol. The van der Waals surface area contributed by atoms with Crippen molar-refractivity contribution >= 4 is 37.7 Å². The number of nitrogens with one attached hydrogen (secondary N) is 1. The maximum Gasteiger partial charge on any atom is 0.416 e. The number of rotatable bonds is 19. The highest BCUT2D eigenvalue weighted by Crippen LogP contribution is 2.30. The summed E-state index contributed by atoms with van der Waals surface area (Å²) in [5.41, 5.74) is 6.38. The Morgan fingerprint density at radius 2 is 1.36 bits per heavy atom. The smallest absolute Gasteiger partial charge is 0.416 e. The van der Waals surface area contributed by atoms with Crippen LogP contribution in [0.2, 0.25) is 0 Å². The van der Waals surface area contributed by atoms with Crippen LogP contribution in [0.3, 0.4) is 0 Å². The number of hydrogen-bond acceptors (Lipinski definition) is 12. The minimum absolute atomic E-state index is 0.0299. The van der Waals surface area contributed by atoms with Crippen LogP contribution in [0.15, 0.2) is 67.3 Å². The lowest BCUT2D eigenvalue weighted by Crippen LogP contribution is -2.62. The molecule has 3 atom stereocenters. The Morgan fingerprint density at radius 1 is 0.836 bits per heavy atom. The number of hydrogen-bond donors (Lipinski definition) is 2. The maximum absolute atomic E-state index is 14.9. The van der Waals surface area contributed by atoms with Crippen molar-refractivity contribution in [3.8, 4) is 0 Å². The predicted molar refractivity (Wildman–Crippen MR) is 213 cm³/mol. The fourth-order valence-corrected chi connectivity index (χ4v) is 11.8. The summed E-state index contributed by atoms with van der Waals surface area (Å²) in [5.74, 6) is -5.30. The molecule has 2 aromatic carbocycles. The van der Waals surface area contributed by atoms with Crippen LogP contribution in [0.25, 0.3) is 0 Å². The van der Waals surface area contributed by atoms with E-state index in [-0.39, 0.29) is 48.3 Å². The largest absolute Gasteiger partial charge is 0.458 e. The molecule has 61 heavy (non-hydrogen) atoms. The fourth-order valence-electron chi connectivity index (χ4n) is 6.30. The van der Waals surface area contributed by atoms with Gasteiger partial charge in [-0.25, -0.2) is 44.9 Å². The third kappa shape index (κ3) is 13.0. The molecule has 0 aliphatic rings. The number of benzene rings is 2. The molecule has 0 aliphatic carbocycles. The first-order chi connectivity index (χ1) is 28.6. The number of carbonyl (C=O) groups excluding carboxylic acids is 3. The first kappa shape index (κ1) is 48.6. The number of alkyl halides is 3. The minimum Gasteiger partial charge on any atom is -0.458 e. The Bertz CT molecular complexity index is 2280. The van der Waals surface area contributed by atoms with Crippen LogP contribution < -0.4 is 11.1 Å². The van der Waals surface area contributed by atoms with Crippen LogP contribution in [-0.2, 0) is 48.3 Å². The van der Waals surface area contributed by atoms with E-state index in [1.807, 2.05) is 0 Å². The summed E-state index contributed by atoms with van der Waals surface area (Å²) in [7, 11) is -9.96. The number of amides is 2. The molecule has 1 unspecified atom stereocenters. The minimum atomic E-state index is -4.98. The van der Waals surface area contributed by atoms with Gasteiger partial charge in [-0.05, 0) is 73.6 Å². The van der Waals surface area contributed by atoms with Gasteiger partial charge in [-0.15, -0.1) is 0 Å². The van der Waals surface area contributed by atoms with Gasteiger partial charge in [0.25, 0.3) is 0 Å². The number of imide groups is 1. The Hall–Kier alpha value is -5.06. The molecule has 4 rings (SSSR count). The molecule has 0 spiro atoms. The van der Waals surface area contributed by atoms with E-state index in [1.165, 1.54) is 32.3 Å². The number of aryl methyl sites for hydroxylation is 2. The van der Waals surface area contributed by atoms with Gasteiger partial charge in [0.1, 0.15) is 17.7 Å². The predicted octanol–water partition coefficient (Wildman–Crippen LogP) is 5.33. The zero-order valence-corrected chi connectivity index (χ0v) is 35.4. The van der Waals surface area contributed by atoms with E-state index >= 15 is 0 Å². The number of sulfone groups is 2. The molecular formula is C39H48F5N7O8S2. The number of nitrogens with two attached hydrogens (primary N) is 1. The molecule has 0 bridgehead atoms. The number of halogens is 5. The maximum atomic E-state index is 14.9. The van der Waals surface area contributed by atoms with Crippen LogP contribution in [-0.4, -0.2) is 100 Å². The lowest BCUT2D eigenvalue weighted by Gasteiger charge is -2.34. The summed E-state index contributed by atoms with van der Waals surface area (Å²) < 4.78 is 131. The van der Waals surface area contributed by atoms with Gasteiger partial charge in [-0.1, -0.05) is 44.9 Å². The van der Waals surface area contributed by atoms with Crippen LogP contribution in [0.5, 0.6) is 0 Å². The fraction of sp³-hybridized carbons (Fsp3) is 0.462. The second-order valence-electron chi connectivity index (χ2n) is 14.6. The van der Waals surface area contributed by atoms with Crippen molar-refractivity contribution in [2.24, 2.45) is 5.73 Å². The standard InChI is InChI=1S/C39H48F5N7O8S2/c1-5-7-12-60(55,56)36(61(57,58)13-8-6-2)34(51(37(53)49-23-25(3)19-47-49)38(54)50-24-26(4)20-48-50)35(52)59-33(32(45)17-28-15-30(40)18-31(41)16-28)22-46-21-27-10-9-11-29(14-27)39(42,43)44/h9-11,14-16,18-20,23-24,32-34,36,46H,5-8,12-13,17,21-22,45H2,1-4H3/t32?,33-,34+/m1/s1. The molecule has 0 saturated heterocycles. The van der Waals surface area contributed by atoms with E-state index in [0.29, 0.717) is 26.6 Å². The molecule has 0 saturated carbocycles. The van der Waals surface area contributed by atoms with Crippen molar-refractivity contribution in [1.29, 1.82) is 0 Å². The molecule has 2 heterocycles. The lowest BCUT2D eigenvalue weighted by atomic mass is 10.0. The van der Waals surface area contributed by atoms with Crippen molar-refractivity contribution in [2.45, 2.75) is 95.3 Å². The third-order valence-electron chi connectivity index (χ3n) is 9.35. The van der Waals surface area contributed by atoms with E-state index in [4.69, 9.17) is 10.5 Å². The molecular weight excluding hydrogens is 854 g/mol. The topological polar surface area (TPSA) is 206 Å². The van der Waals surface area contributed by atoms with Gasteiger partial charge < -0.3 is 15.8 Å². The van der Waals surface area contributed by atoms with Gasteiger partial charge in [0.05, 0.1) is 29.5 Å². The number of carbonyl (C=O) groups is 3. The van der Waals surface area contributed by atoms with Crippen molar-refractivity contribution in [3.05, 3.63) is 107 Å².